The monoisotopic (exact) mass is 280 g/mol. The Morgan fingerprint density at radius 2 is 1.57 bits per heavy atom. The molecule has 0 aliphatic carbocycles. The van der Waals surface area contributed by atoms with Gasteiger partial charge in [0.15, 0.2) is 12.4 Å². The van der Waals surface area contributed by atoms with E-state index < -0.39 is 0 Å². The molecule has 4 nitrogen and oxygen atoms in total. The number of hydrogen-bond acceptors (Lipinski definition) is 4. The number of carbonyl (C=O) groups excluding carboxylic acids is 1. The summed E-state index contributed by atoms with van der Waals surface area (Å²) in [4.78, 5) is 11.1. The van der Waals surface area contributed by atoms with Crippen molar-refractivity contribution in [1.82, 2.24) is 0 Å². The maximum atomic E-state index is 11.1. The highest BCUT2D eigenvalue weighted by atomic mass is 16.5. The van der Waals surface area contributed by atoms with Gasteiger partial charge in [0.05, 0.1) is 11.4 Å². The lowest BCUT2D eigenvalue weighted by Crippen LogP contribution is -2.07. The van der Waals surface area contributed by atoms with Gasteiger partial charge in [-0.2, -0.15) is 10.2 Å². The van der Waals surface area contributed by atoms with E-state index in [1.807, 2.05) is 31.2 Å². The smallest absolute Gasteiger partial charge is 0.192 e. The normalized spacial score (nSPS) is 10.5. The first-order valence-electron chi connectivity index (χ1n) is 6.54. The molecular weight excluding hydrogens is 264 g/mol. The van der Waals surface area contributed by atoms with Gasteiger partial charge in [-0.05, 0) is 49.4 Å². The average molecular weight is 280 g/mol. The highest BCUT2D eigenvalue weighted by Gasteiger charge is 1.98. The summed E-state index contributed by atoms with van der Waals surface area (Å²) in [5.41, 5.74) is 2.71. The number of ketones is 1. The fourth-order valence-corrected chi connectivity index (χ4v) is 1.55. The van der Waals surface area contributed by atoms with Gasteiger partial charge in [0.1, 0.15) is 5.75 Å². The first-order chi connectivity index (χ1) is 10.2. The van der Waals surface area contributed by atoms with Gasteiger partial charge < -0.3 is 4.74 Å². The van der Waals surface area contributed by atoms with E-state index in [1.165, 1.54) is 11.6 Å². The maximum Gasteiger partial charge on any atom is 0.192 e. The molecule has 0 heterocycles. The third kappa shape index (κ3) is 4.69. The van der Waals surface area contributed by atoms with E-state index in [-0.39, 0.29) is 12.4 Å². The van der Waals surface area contributed by atoms with E-state index >= 15 is 0 Å². The number of nitrogens with zero attached hydrogens (tertiary/aromatic N) is 2. The third-order valence-electron chi connectivity index (χ3n) is 2.76. The molecule has 0 amide bonds. The summed E-state index contributed by atoms with van der Waals surface area (Å²) in [5, 5.41) is 8.30. The van der Waals surface area contributed by atoms with Gasteiger partial charge in [-0.25, -0.2) is 0 Å². The lowest BCUT2D eigenvalue weighted by Gasteiger charge is -2.03. The van der Waals surface area contributed by atoms with Crippen LogP contribution < -0.4 is 4.74 Å². The van der Waals surface area contributed by atoms with E-state index in [1.54, 1.807) is 24.3 Å². The van der Waals surface area contributed by atoms with Crippen LogP contribution in [-0.2, 0) is 4.79 Å². The lowest BCUT2D eigenvalue weighted by atomic mass is 10.2. The Hall–Kier alpha value is -2.75. The maximum absolute atomic E-state index is 11.1. The largest absolute Gasteiger partial charge is 0.485 e. The van der Waals surface area contributed by atoms with Crippen LogP contribution in [0.5, 0.6) is 5.75 Å². The molecule has 0 bridgehead atoms. The van der Waals surface area contributed by atoms with Crippen molar-refractivity contribution in [3.05, 3.63) is 66.7 Å². The van der Waals surface area contributed by atoms with E-state index in [4.69, 9.17) is 4.74 Å². The van der Waals surface area contributed by atoms with Crippen LogP contribution in [0.3, 0.4) is 0 Å². The molecule has 2 aromatic rings. The van der Waals surface area contributed by atoms with Crippen LogP contribution in [0.15, 0.2) is 71.4 Å². The van der Waals surface area contributed by atoms with Gasteiger partial charge in [0, 0.05) is 0 Å². The van der Waals surface area contributed by atoms with Crippen molar-refractivity contribution in [2.75, 3.05) is 6.61 Å². The molecule has 4 heteroatoms. The second-order valence-corrected chi connectivity index (χ2v) is 4.49. The molecule has 0 radical (unpaired) electrons. The zero-order valence-electron chi connectivity index (χ0n) is 11.8. The number of benzene rings is 2. The standard InChI is InChI=1S/C17H16N2O2/c1-3-16(20)12-21-17-10-8-15(9-11-17)19-18-14-6-4-13(2)5-7-14/h3-11H,1,12H2,2H3. The highest BCUT2D eigenvalue weighted by molar-refractivity contribution is 5.90. The minimum Gasteiger partial charge on any atom is -0.485 e. The first-order valence-corrected chi connectivity index (χ1v) is 6.54. The fourth-order valence-electron chi connectivity index (χ4n) is 1.55. The van der Waals surface area contributed by atoms with Crippen molar-refractivity contribution in [2.45, 2.75) is 6.92 Å². The Labute approximate surface area is 123 Å². The summed E-state index contributed by atoms with van der Waals surface area (Å²) in [6.07, 6.45) is 1.24. The van der Waals surface area contributed by atoms with Crippen molar-refractivity contribution < 1.29 is 9.53 Å². The van der Waals surface area contributed by atoms with Gasteiger partial charge >= 0.3 is 0 Å². The van der Waals surface area contributed by atoms with Crippen LogP contribution in [0.25, 0.3) is 0 Å². The number of ether oxygens (including phenoxy) is 1. The highest BCUT2D eigenvalue weighted by Crippen LogP contribution is 2.21. The van der Waals surface area contributed by atoms with E-state index in [2.05, 4.69) is 16.8 Å². The molecule has 0 spiro atoms. The Kier molecular flexibility index (Phi) is 4.99. The van der Waals surface area contributed by atoms with Crippen LogP contribution in [0.4, 0.5) is 11.4 Å². The van der Waals surface area contributed by atoms with Crippen molar-refractivity contribution in [2.24, 2.45) is 10.2 Å². The molecule has 0 atom stereocenters. The second kappa shape index (κ2) is 7.14. The summed E-state index contributed by atoms with van der Waals surface area (Å²) < 4.78 is 5.30. The van der Waals surface area contributed by atoms with Crippen molar-refractivity contribution in [1.29, 1.82) is 0 Å². The minimum absolute atomic E-state index is 0.00622. The zero-order valence-corrected chi connectivity index (χ0v) is 11.8. The summed E-state index contributed by atoms with van der Waals surface area (Å²) in [6, 6.07) is 14.9. The molecule has 106 valence electrons. The third-order valence-corrected chi connectivity index (χ3v) is 2.76. The summed E-state index contributed by atoms with van der Waals surface area (Å²) in [7, 11) is 0. The van der Waals surface area contributed by atoms with Gasteiger partial charge in [-0.1, -0.05) is 24.3 Å². The van der Waals surface area contributed by atoms with Gasteiger partial charge in [-0.15, -0.1) is 0 Å². The Balaban J connectivity index is 1.97. The molecule has 2 aromatic carbocycles. The molecule has 0 saturated carbocycles. The van der Waals surface area contributed by atoms with Gasteiger partial charge in [-0.3, -0.25) is 4.79 Å². The van der Waals surface area contributed by atoms with Gasteiger partial charge in [0.25, 0.3) is 0 Å². The second-order valence-electron chi connectivity index (χ2n) is 4.49. The zero-order chi connectivity index (χ0) is 15.1. The number of rotatable bonds is 6. The van der Waals surface area contributed by atoms with E-state index in [0.29, 0.717) is 5.75 Å². The molecule has 0 N–H and O–H groups in total. The van der Waals surface area contributed by atoms with E-state index in [9.17, 15) is 4.79 Å². The van der Waals surface area contributed by atoms with E-state index in [0.717, 1.165) is 11.4 Å². The molecule has 21 heavy (non-hydrogen) atoms. The van der Waals surface area contributed by atoms with Crippen LogP contribution in [0.1, 0.15) is 5.56 Å². The predicted molar refractivity (Wildman–Crippen MR) is 82.5 cm³/mol. The summed E-state index contributed by atoms with van der Waals surface area (Å²) >= 11 is 0. The lowest BCUT2D eigenvalue weighted by molar-refractivity contribution is -0.116. The number of hydrogen-bond donors (Lipinski definition) is 0. The summed E-state index contributed by atoms with van der Waals surface area (Å²) in [6.45, 7) is 5.41. The first kappa shape index (κ1) is 14.7. The van der Waals surface area contributed by atoms with Crippen molar-refractivity contribution in [3.63, 3.8) is 0 Å². The number of azo groups is 1. The minimum atomic E-state index is -0.155. The van der Waals surface area contributed by atoms with Crippen LogP contribution in [-0.4, -0.2) is 12.4 Å². The van der Waals surface area contributed by atoms with Crippen LogP contribution in [0, 0.1) is 6.92 Å². The molecule has 0 aliphatic heterocycles. The number of carbonyl (C=O) groups is 1. The SMILES string of the molecule is C=CC(=O)COc1ccc(N=Nc2ccc(C)cc2)cc1. The Morgan fingerprint density at radius 1 is 1.05 bits per heavy atom. The fraction of sp³-hybridized carbons (Fsp3) is 0.118. The average Bonchev–Trinajstić information content (AvgIpc) is 2.53. The van der Waals surface area contributed by atoms with Crippen molar-refractivity contribution in [3.8, 4) is 5.75 Å². The Morgan fingerprint density at radius 3 is 2.10 bits per heavy atom. The van der Waals surface area contributed by atoms with Crippen LogP contribution >= 0.6 is 0 Å². The van der Waals surface area contributed by atoms with Gasteiger partial charge in [0.2, 0.25) is 0 Å². The quantitative estimate of drug-likeness (QED) is 0.576. The molecule has 0 saturated heterocycles. The molecular formula is C17H16N2O2. The predicted octanol–water partition coefficient (Wildman–Crippen LogP) is 4.54. The number of aryl methyl sites for hydroxylation is 1. The molecule has 2 rings (SSSR count). The molecule has 0 unspecified atom stereocenters. The topological polar surface area (TPSA) is 51.0 Å². The summed E-state index contributed by atoms with van der Waals surface area (Å²) in [5.74, 6) is 0.456. The van der Waals surface area contributed by atoms with Crippen LogP contribution in [0.2, 0.25) is 0 Å². The Bertz CT molecular complexity index is 643. The molecule has 0 aromatic heterocycles. The molecule has 0 fully saturated rings. The molecule has 0 aliphatic rings. The van der Waals surface area contributed by atoms with Crippen molar-refractivity contribution >= 4 is 17.2 Å².